The van der Waals surface area contributed by atoms with Crippen molar-refractivity contribution in [3.8, 4) is 0 Å². The van der Waals surface area contributed by atoms with Gasteiger partial charge in [-0.1, -0.05) is 48.6 Å². The molecule has 1 amide bonds. The summed E-state index contributed by atoms with van der Waals surface area (Å²) in [6.07, 6.45) is 0.234. The first-order valence-corrected chi connectivity index (χ1v) is 7.15. The lowest BCUT2D eigenvalue weighted by Crippen LogP contribution is -2.40. The van der Waals surface area contributed by atoms with Crippen LogP contribution in [0.2, 0.25) is 0 Å². The zero-order valence-corrected chi connectivity index (χ0v) is 12.2. The molecule has 17 heavy (non-hydrogen) atoms. The van der Waals surface area contributed by atoms with Crippen LogP contribution in [0.5, 0.6) is 0 Å². The molecule has 2 nitrogen and oxygen atoms in total. The Kier molecular flexibility index (Phi) is 5.88. The molecule has 0 aliphatic rings. The zero-order valence-electron chi connectivity index (χ0n) is 10.0. The molecule has 1 rings (SSSR count). The largest absolute Gasteiger partial charge is 0.352 e. The van der Waals surface area contributed by atoms with Gasteiger partial charge in [0.1, 0.15) is 5.82 Å². The van der Waals surface area contributed by atoms with Crippen LogP contribution in [0, 0.1) is 11.7 Å². The number of halogens is 2. The maximum Gasteiger partial charge on any atom is 0.224 e. The normalized spacial score (nSPS) is 12.5. The Morgan fingerprint density at radius 2 is 2.18 bits per heavy atom. The summed E-state index contributed by atoms with van der Waals surface area (Å²) in [5, 5.41) is 2.97. The van der Waals surface area contributed by atoms with E-state index < -0.39 is 0 Å². The summed E-state index contributed by atoms with van der Waals surface area (Å²) in [6.45, 7) is 4.15. The first-order valence-electron chi connectivity index (χ1n) is 5.62. The van der Waals surface area contributed by atoms with Gasteiger partial charge in [0.25, 0.3) is 0 Å². The van der Waals surface area contributed by atoms with Crippen molar-refractivity contribution < 1.29 is 9.18 Å². The van der Waals surface area contributed by atoms with Crippen molar-refractivity contribution in [3.63, 3.8) is 0 Å². The van der Waals surface area contributed by atoms with E-state index in [1.54, 1.807) is 12.1 Å². The molecular formula is C13H17FINO. The highest BCUT2D eigenvalue weighted by Gasteiger charge is 2.14. The maximum absolute atomic E-state index is 12.9. The van der Waals surface area contributed by atoms with Crippen LogP contribution in [0.15, 0.2) is 24.3 Å². The minimum atomic E-state index is -0.301. The third kappa shape index (κ3) is 5.02. The molecule has 1 unspecified atom stereocenters. The Bertz CT molecular complexity index is 381. The van der Waals surface area contributed by atoms with Gasteiger partial charge in [-0.05, 0) is 23.6 Å². The molecule has 0 aromatic heterocycles. The lowest BCUT2D eigenvalue weighted by atomic mass is 10.1. The van der Waals surface area contributed by atoms with E-state index in [1.807, 2.05) is 0 Å². The highest BCUT2D eigenvalue weighted by Crippen LogP contribution is 2.07. The van der Waals surface area contributed by atoms with Crippen molar-refractivity contribution in [1.82, 2.24) is 5.32 Å². The third-order valence-electron chi connectivity index (χ3n) is 2.57. The van der Waals surface area contributed by atoms with Crippen LogP contribution in [0.3, 0.4) is 0 Å². The third-order valence-corrected chi connectivity index (χ3v) is 3.52. The quantitative estimate of drug-likeness (QED) is 0.643. The van der Waals surface area contributed by atoms with E-state index in [1.165, 1.54) is 12.1 Å². The predicted molar refractivity (Wildman–Crippen MR) is 75.8 cm³/mol. The standard InChI is InChI=1S/C13H17FINO/c1-9(2)12(8-15)16-13(17)7-10-4-3-5-11(14)6-10/h3-6,9,12H,7-8H2,1-2H3,(H,16,17). The highest BCUT2D eigenvalue weighted by molar-refractivity contribution is 14.1. The Labute approximate surface area is 115 Å². The molecule has 1 atom stereocenters. The van der Waals surface area contributed by atoms with Crippen molar-refractivity contribution in [2.24, 2.45) is 5.92 Å². The van der Waals surface area contributed by atoms with Crippen molar-refractivity contribution in [2.75, 3.05) is 4.43 Å². The van der Waals surface area contributed by atoms with Gasteiger partial charge in [-0.25, -0.2) is 4.39 Å². The van der Waals surface area contributed by atoms with Crippen molar-refractivity contribution in [1.29, 1.82) is 0 Å². The van der Waals surface area contributed by atoms with Crippen molar-refractivity contribution >= 4 is 28.5 Å². The second-order valence-electron chi connectivity index (χ2n) is 4.38. The molecule has 94 valence electrons. The van der Waals surface area contributed by atoms with Gasteiger partial charge in [0.2, 0.25) is 5.91 Å². The lowest BCUT2D eigenvalue weighted by Gasteiger charge is -2.19. The molecule has 0 saturated heterocycles. The number of nitrogens with one attached hydrogen (secondary N) is 1. The fraction of sp³-hybridized carbons (Fsp3) is 0.462. The van der Waals surface area contributed by atoms with Gasteiger partial charge in [-0.3, -0.25) is 4.79 Å². The highest BCUT2D eigenvalue weighted by atomic mass is 127. The monoisotopic (exact) mass is 349 g/mol. The number of benzene rings is 1. The summed E-state index contributed by atoms with van der Waals surface area (Å²) in [4.78, 5) is 11.8. The first kappa shape index (κ1) is 14.4. The Morgan fingerprint density at radius 1 is 1.47 bits per heavy atom. The van der Waals surface area contributed by atoms with Crippen molar-refractivity contribution in [3.05, 3.63) is 35.6 Å². The molecule has 0 bridgehead atoms. The van der Waals surface area contributed by atoms with Gasteiger partial charge in [-0.15, -0.1) is 0 Å². The topological polar surface area (TPSA) is 29.1 Å². The molecule has 0 aliphatic carbocycles. The lowest BCUT2D eigenvalue weighted by molar-refractivity contribution is -0.121. The molecule has 0 aliphatic heterocycles. The number of rotatable bonds is 5. The zero-order chi connectivity index (χ0) is 12.8. The summed E-state index contributed by atoms with van der Waals surface area (Å²) >= 11 is 2.26. The minimum Gasteiger partial charge on any atom is -0.352 e. The average molecular weight is 349 g/mol. The van der Waals surface area contributed by atoms with Crippen LogP contribution >= 0.6 is 22.6 Å². The number of hydrogen-bond donors (Lipinski definition) is 1. The summed E-state index contributed by atoms with van der Waals surface area (Å²) in [7, 11) is 0. The number of carbonyl (C=O) groups excluding carboxylic acids is 1. The van der Waals surface area contributed by atoms with E-state index in [9.17, 15) is 9.18 Å². The second kappa shape index (κ2) is 6.93. The molecule has 0 saturated carbocycles. The van der Waals surface area contributed by atoms with Crippen LogP contribution in [0.1, 0.15) is 19.4 Å². The summed E-state index contributed by atoms with van der Waals surface area (Å²) in [5.74, 6) is 0.0546. The molecule has 0 fully saturated rings. The van der Waals surface area contributed by atoms with E-state index in [2.05, 4.69) is 41.8 Å². The maximum atomic E-state index is 12.9. The molecule has 4 heteroatoms. The summed E-state index contributed by atoms with van der Waals surface area (Å²) in [5.41, 5.74) is 0.707. The average Bonchev–Trinajstić information content (AvgIpc) is 2.25. The Morgan fingerprint density at radius 3 is 2.71 bits per heavy atom. The van der Waals surface area contributed by atoms with Crippen molar-refractivity contribution in [2.45, 2.75) is 26.3 Å². The number of carbonyl (C=O) groups is 1. The molecular weight excluding hydrogens is 332 g/mol. The van der Waals surface area contributed by atoms with Crippen LogP contribution in [0.4, 0.5) is 4.39 Å². The van der Waals surface area contributed by atoms with E-state index in [4.69, 9.17) is 0 Å². The van der Waals surface area contributed by atoms with Crippen LogP contribution in [-0.2, 0) is 11.2 Å². The van der Waals surface area contributed by atoms with E-state index in [0.29, 0.717) is 11.5 Å². The summed E-state index contributed by atoms with van der Waals surface area (Å²) < 4.78 is 13.8. The van der Waals surface area contributed by atoms with Crippen LogP contribution < -0.4 is 5.32 Å². The number of hydrogen-bond acceptors (Lipinski definition) is 1. The van der Waals surface area contributed by atoms with Crippen LogP contribution in [0.25, 0.3) is 0 Å². The van der Waals surface area contributed by atoms with Gasteiger partial charge < -0.3 is 5.32 Å². The number of amides is 1. The Hall–Kier alpha value is -0.650. The fourth-order valence-electron chi connectivity index (χ4n) is 1.47. The molecule has 0 radical (unpaired) electrons. The SMILES string of the molecule is CC(C)C(CI)NC(=O)Cc1cccc(F)c1. The number of alkyl halides is 1. The van der Waals surface area contributed by atoms with E-state index in [0.717, 1.165) is 4.43 Å². The second-order valence-corrected chi connectivity index (χ2v) is 5.26. The fourth-order valence-corrected chi connectivity index (χ4v) is 2.71. The van der Waals surface area contributed by atoms with Gasteiger partial charge in [0.05, 0.1) is 6.42 Å². The molecule has 0 spiro atoms. The minimum absolute atomic E-state index is 0.0500. The van der Waals surface area contributed by atoms with E-state index in [-0.39, 0.29) is 24.2 Å². The van der Waals surface area contributed by atoms with Gasteiger partial charge in [0, 0.05) is 10.5 Å². The Balaban J connectivity index is 2.55. The molecule has 1 aromatic carbocycles. The van der Waals surface area contributed by atoms with Gasteiger partial charge in [-0.2, -0.15) is 0 Å². The predicted octanol–water partition coefficient (Wildman–Crippen LogP) is 2.94. The van der Waals surface area contributed by atoms with Gasteiger partial charge >= 0.3 is 0 Å². The smallest absolute Gasteiger partial charge is 0.224 e. The molecule has 1 N–H and O–H groups in total. The first-order chi connectivity index (χ1) is 8.02. The van der Waals surface area contributed by atoms with Crippen LogP contribution in [-0.4, -0.2) is 16.4 Å². The molecule has 0 heterocycles. The molecule has 1 aromatic rings. The van der Waals surface area contributed by atoms with Gasteiger partial charge in [0.15, 0.2) is 0 Å². The summed E-state index contributed by atoms with van der Waals surface area (Å²) in [6, 6.07) is 6.33. The van der Waals surface area contributed by atoms with E-state index >= 15 is 0 Å².